The van der Waals surface area contributed by atoms with E-state index in [1.807, 2.05) is 0 Å². The molecule has 0 saturated carbocycles. The van der Waals surface area contributed by atoms with Crippen LogP contribution in [0.15, 0.2) is 4.42 Å². The van der Waals surface area contributed by atoms with E-state index in [4.69, 9.17) is 4.42 Å². The third kappa shape index (κ3) is 3.03. The van der Waals surface area contributed by atoms with Crippen molar-refractivity contribution in [1.29, 1.82) is 0 Å². The second-order valence-corrected chi connectivity index (χ2v) is 4.81. The zero-order chi connectivity index (χ0) is 12.5. The van der Waals surface area contributed by atoms with Crippen molar-refractivity contribution in [2.24, 2.45) is 5.92 Å². The number of hydrogen-bond acceptors (Lipinski definition) is 3. The summed E-state index contributed by atoms with van der Waals surface area (Å²) < 4.78 is 31.5. The first-order valence-corrected chi connectivity index (χ1v) is 6.02. The van der Waals surface area contributed by atoms with Crippen molar-refractivity contribution in [3.8, 4) is 0 Å². The highest BCUT2D eigenvalue weighted by Gasteiger charge is 2.32. The molecule has 0 atom stereocenters. The maximum absolute atomic E-state index is 13.2. The summed E-state index contributed by atoms with van der Waals surface area (Å²) in [6.07, 6.45) is 2.77. The first-order valence-electron chi connectivity index (χ1n) is 6.02. The van der Waals surface area contributed by atoms with Gasteiger partial charge in [-0.25, -0.2) is 4.98 Å². The molecule has 2 rings (SSSR count). The van der Waals surface area contributed by atoms with Crippen LogP contribution in [-0.4, -0.2) is 18.1 Å². The summed E-state index contributed by atoms with van der Waals surface area (Å²) in [5.74, 6) is -2.29. The molecule has 0 aliphatic carbocycles. The van der Waals surface area contributed by atoms with E-state index in [0.29, 0.717) is 23.9 Å². The van der Waals surface area contributed by atoms with Crippen LogP contribution >= 0.6 is 0 Å². The highest BCUT2D eigenvalue weighted by atomic mass is 19.3. The Hall–Kier alpha value is -0.970. The van der Waals surface area contributed by atoms with Crippen LogP contribution in [0.4, 0.5) is 8.78 Å². The summed E-state index contributed by atoms with van der Waals surface area (Å²) in [4.78, 5) is 4.10. The molecule has 96 valence electrons. The average molecular weight is 244 g/mol. The van der Waals surface area contributed by atoms with Crippen molar-refractivity contribution in [3.05, 3.63) is 17.3 Å². The number of aryl methyl sites for hydroxylation is 1. The Balaban J connectivity index is 2.06. The molecule has 0 amide bonds. The number of piperidine rings is 1. The molecular formula is C12H18F2N2O. The Kier molecular flexibility index (Phi) is 3.47. The molecule has 0 radical (unpaired) electrons. The molecule has 1 N–H and O–H groups in total. The second-order valence-electron chi connectivity index (χ2n) is 4.81. The van der Waals surface area contributed by atoms with Gasteiger partial charge in [-0.3, -0.25) is 0 Å². The minimum Gasteiger partial charge on any atom is -0.439 e. The number of nitrogens with one attached hydrogen (secondary N) is 1. The third-order valence-corrected chi connectivity index (χ3v) is 3.16. The summed E-state index contributed by atoms with van der Waals surface area (Å²) in [6.45, 7) is 4.39. The Morgan fingerprint density at radius 3 is 2.59 bits per heavy atom. The SMILES string of the molecule is Cc1nc(CC2CCNCC2)oc1C(C)(F)F. The highest BCUT2D eigenvalue weighted by molar-refractivity contribution is 5.13. The van der Waals surface area contributed by atoms with Crippen molar-refractivity contribution in [2.45, 2.75) is 39.0 Å². The van der Waals surface area contributed by atoms with E-state index in [1.54, 1.807) is 6.92 Å². The maximum Gasteiger partial charge on any atom is 0.303 e. The molecule has 1 aliphatic heterocycles. The van der Waals surface area contributed by atoms with Gasteiger partial charge in [0.1, 0.15) is 0 Å². The monoisotopic (exact) mass is 244 g/mol. The van der Waals surface area contributed by atoms with Gasteiger partial charge in [-0.2, -0.15) is 8.78 Å². The number of aromatic nitrogens is 1. The van der Waals surface area contributed by atoms with Crippen LogP contribution in [0.25, 0.3) is 0 Å². The van der Waals surface area contributed by atoms with Crippen LogP contribution in [0.5, 0.6) is 0 Å². The molecule has 0 unspecified atom stereocenters. The molecule has 5 heteroatoms. The number of oxazole rings is 1. The summed E-state index contributed by atoms with van der Waals surface area (Å²) in [5, 5.41) is 3.27. The largest absolute Gasteiger partial charge is 0.439 e. The van der Waals surface area contributed by atoms with Crippen LogP contribution in [0.2, 0.25) is 0 Å². The number of rotatable bonds is 3. The summed E-state index contributed by atoms with van der Waals surface area (Å²) in [6, 6.07) is 0. The Morgan fingerprint density at radius 2 is 2.06 bits per heavy atom. The fourth-order valence-corrected chi connectivity index (χ4v) is 2.28. The molecule has 1 aliphatic rings. The van der Waals surface area contributed by atoms with E-state index < -0.39 is 5.92 Å². The van der Waals surface area contributed by atoms with E-state index in [-0.39, 0.29) is 5.76 Å². The summed E-state index contributed by atoms with van der Waals surface area (Å²) in [5.41, 5.74) is 0.307. The van der Waals surface area contributed by atoms with E-state index in [0.717, 1.165) is 32.9 Å². The lowest BCUT2D eigenvalue weighted by Crippen LogP contribution is -2.28. The zero-order valence-corrected chi connectivity index (χ0v) is 10.2. The smallest absolute Gasteiger partial charge is 0.303 e. The highest BCUT2D eigenvalue weighted by Crippen LogP contribution is 2.31. The minimum absolute atomic E-state index is 0.290. The second kappa shape index (κ2) is 4.72. The number of halogens is 2. The lowest BCUT2D eigenvalue weighted by molar-refractivity contribution is -0.00722. The molecule has 1 fully saturated rings. The zero-order valence-electron chi connectivity index (χ0n) is 10.2. The van der Waals surface area contributed by atoms with E-state index >= 15 is 0 Å². The van der Waals surface area contributed by atoms with Crippen LogP contribution in [0, 0.1) is 12.8 Å². The normalized spacial score (nSPS) is 18.6. The minimum atomic E-state index is -2.94. The predicted molar refractivity (Wildman–Crippen MR) is 60.1 cm³/mol. The van der Waals surface area contributed by atoms with Gasteiger partial charge in [0, 0.05) is 13.3 Å². The molecule has 3 nitrogen and oxygen atoms in total. The molecule has 0 aromatic carbocycles. The lowest BCUT2D eigenvalue weighted by atomic mass is 9.95. The van der Waals surface area contributed by atoms with Gasteiger partial charge in [0.05, 0.1) is 5.69 Å². The van der Waals surface area contributed by atoms with Gasteiger partial charge in [-0.05, 0) is 38.8 Å². The van der Waals surface area contributed by atoms with Gasteiger partial charge in [0.15, 0.2) is 11.7 Å². The fraction of sp³-hybridized carbons (Fsp3) is 0.750. The number of alkyl halides is 2. The predicted octanol–water partition coefficient (Wildman–Crippen LogP) is 2.64. The molecular weight excluding hydrogens is 226 g/mol. The topological polar surface area (TPSA) is 38.1 Å². The van der Waals surface area contributed by atoms with Crippen LogP contribution in [-0.2, 0) is 12.3 Å². The van der Waals surface area contributed by atoms with Gasteiger partial charge < -0.3 is 9.73 Å². The number of nitrogens with zero attached hydrogens (tertiary/aromatic N) is 1. The summed E-state index contributed by atoms with van der Waals surface area (Å²) >= 11 is 0. The Labute approximate surface area is 99.6 Å². The summed E-state index contributed by atoms with van der Waals surface area (Å²) in [7, 11) is 0. The van der Waals surface area contributed by atoms with Gasteiger partial charge in [0.25, 0.3) is 0 Å². The van der Waals surface area contributed by atoms with Crippen LogP contribution in [0.3, 0.4) is 0 Å². The lowest BCUT2D eigenvalue weighted by Gasteiger charge is -2.20. The third-order valence-electron chi connectivity index (χ3n) is 3.16. The molecule has 1 saturated heterocycles. The first-order chi connectivity index (χ1) is 7.97. The molecule has 17 heavy (non-hydrogen) atoms. The quantitative estimate of drug-likeness (QED) is 0.888. The van der Waals surface area contributed by atoms with E-state index in [2.05, 4.69) is 10.3 Å². The van der Waals surface area contributed by atoms with Crippen molar-refractivity contribution >= 4 is 0 Å². The number of hydrogen-bond donors (Lipinski definition) is 1. The van der Waals surface area contributed by atoms with E-state index in [9.17, 15) is 8.78 Å². The standard InChI is InChI=1S/C12H18F2N2O/c1-8-11(12(2,13)14)17-10(16-8)7-9-3-5-15-6-4-9/h9,15H,3-7H2,1-2H3. The van der Waals surface area contributed by atoms with E-state index in [1.165, 1.54) is 0 Å². The molecule has 0 spiro atoms. The van der Waals surface area contributed by atoms with Crippen molar-refractivity contribution in [3.63, 3.8) is 0 Å². The van der Waals surface area contributed by atoms with Crippen LogP contribution < -0.4 is 5.32 Å². The Bertz CT molecular complexity index is 378. The van der Waals surface area contributed by atoms with Crippen molar-refractivity contribution in [1.82, 2.24) is 10.3 Å². The molecule has 1 aromatic rings. The Morgan fingerprint density at radius 1 is 1.41 bits per heavy atom. The molecule has 1 aromatic heterocycles. The van der Waals surface area contributed by atoms with Gasteiger partial charge >= 0.3 is 5.92 Å². The van der Waals surface area contributed by atoms with Gasteiger partial charge in [0.2, 0.25) is 0 Å². The van der Waals surface area contributed by atoms with Gasteiger partial charge in [-0.1, -0.05) is 0 Å². The van der Waals surface area contributed by atoms with Crippen molar-refractivity contribution < 1.29 is 13.2 Å². The average Bonchev–Trinajstić information content (AvgIpc) is 2.60. The molecule has 2 heterocycles. The maximum atomic E-state index is 13.2. The molecule has 0 bridgehead atoms. The van der Waals surface area contributed by atoms with Gasteiger partial charge in [-0.15, -0.1) is 0 Å². The van der Waals surface area contributed by atoms with Crippen molar-refractivity contribution in [2.75, 3.05) is 13.1 Å². The fourth-order valence-electron chi connectivity index (χ4n) is 2.28. The first kappa shape index (κ1) is 12.5. The van der Waals surface area contributed by atoms with Crippen LogP contribution in [0.1, 0.15) is 37.1 Å².